The molecule has 1 aliphatic rings. The molecule has 0 radical (unpaired) electrons. The summed E-state index contributed by atoms with van der Waals surface area (Å²) in [5.41, 5.74) is 0.435. The quantitative estimate of drug-likeness (QED) is 0.752. The van der Waals surface area contributed by atoms with Gasteiger partial charge in [-0.15, -0.1) is 0 Å². The van der Waals surface area contributed by atoms with E-state index in [1.165, 1.54) is 26.1 Å². The van der Waals surface area contributed by atoms with Gasteiger partial charge in [0, 0.05) is 25.3 Å². The molecule has 6 nitrogen and oxygen atoms in total. The molecule has 1 saturated heterocycles. The molecule has 2 rings (SSSR count). The molecule has 0 amide bonds. The number of aromatic nitrogens is 2. The summed E-state index contributed by atoms with van der Waals surface area (Å²) in [6.45, 7) is 1.78. The standard InChI is InChI=1S/C13H20N4O2/c1-16(2)10-5-4-6-17(8-10)12-11(13(18)19-3)7-14-9-15-12/h7,9-10H,4-6,8H2,1-3H3. The Morgan fingerprint density at radius 3 is 3.00 bits per heavy atom. The van der Waals surface area contributed by atoms with Crippen LogP contribution in [0.1, 0.15) is 23.2 Å². The monoisotopic (exact) mass is 264 g/mol. The number of rotatable bonds is 3. The third kappa shape index (κ3) is 3.01. The molecule has 0 saturated carbocycles. The average Bonchev–Trinajstić information content (AvgIpc) is 2.46. The number of methoxy groups -OCH3 is 1. The van der Waals surface area contributed by atoms with Crippen molar-refractivity contribution in [3.63, 3.8) is 0 Å². The van der Waals surface area contributed by atoms with Gasteiger partial charge in [0.15, 0.2) is 0 Å². The molecule has 2 heterocycles. The first-order chi connectivity index (χ1) is 9.13. The number of hydrogen-bond donors (Lipinski definition) is 0. The summed E-state index contributed by atoms with van der Waals surface area (Å²) >= 11 is 0. The molecule has 0 bridgehead atoms. The predicted molar refractivity (Wildman–Crippen MR) is 72.3 cm³/mol. The van der Waals surface area contributed by atoms with Gasteiger partial charge >= 0.3 is 5.97 Å². The van der Waals surface area contributed by atoms with Crippen molar-refractivity contribution in [2.45, 2.75) is 18.9 Å². The molecule has 1 unspecified atom stereocenters. The van der Waals surface area contributed by atoms with E-state index in [9.17, 15) is 4.79 Å². The van der Waals surface area contributed by atoms with E-state index in [2.05, 4.69) is 33.9 Å². The van der Waals surface area contributed by atoms with Gasteiger partial charge in [-0.3, -0.25) is 0 Å². The Labute approximate surface area is 113 Å². The molecule has 0 aromatic carbocycles. The van der Waals surface area contributed by atoms with Crippen molar-refractivity contribution in [2.75, 3.05) is 39.2 Å². The number of carbonyl (C=O) groups is 1. The van der Waals surface area contributed by atoms with Gasteiger partial charge in [0.2, 0.25) is 0 Å². The molecule has 1 aromatic rings. The minimum Gasteiger partial charge on any atom is -0.465 e. The summed E-state index contributed by atoms with van der Waals surface area (Å²) in [5.74, 6) is 0.288. The first-order valence-corrected chi connectivity index (χ1v) is 6.43. The minimum atomic E-state index is -0.387. The SMILES string of the molecule is COC(=O)c1cncnc1N1CCCC(N(C)C)C1. The first kappa shape index (κ1) is 13.7. The zero-order chi connectivity index (χ0) is 13.8. The van der Waals surface area contributed by atoms with Crippen molar-refractivity contribution in [1.82, 2.24) is 14.9 Å². The number of esters is 1. The topological polar surface area (TPSA) is 58.6 Å². The third-order valence-electron chi connectivity index (χ3n) is 3.52. The summed E-state index contributed by atoms with van der Waals surface area (Å²) in [7, 11) is 5.53. The van der Waals surface area contributed by atoms with E-state index in [0.29, 0.717) is 17.4 Å². The van der Waals surface area contributed by atoms with Gasteiger partial charge in [-0.05, 0) is 26.9 Å². The summed E-state index contributed by atoms with van der Waals surface area (Å²) in [5, 5.41) is 0. The summed E-state index contributed by atoms with van der Waals surface area (Å²) in [6, 6.07) is 0.481. The molecule has 1 aliphatic heterocycles. The molecular weight excluding hydrogens is 244 g/mol. The average molecular weight is 264 g/mol. The summed E-state index contributed by atoms with van der Waals surface area (Å²) in [4.78, 5) is 24.3. The van der Waals surface area contributed by atoms with Crippen molar-refractivity contribution >= 4 is 11.8 Å². The maximum absolute atomic E-state index is 11.8. The van der Waals surface area contributed by atoms with Gasteiger partial charge in [0.1, 0.15) is 17.7 Å². The van der Waals surface area contributed by atoms with E-state index in [1.807, 2.05) is 0 Å². The molecule has 1 atom stereocenters. The molecule has 104 valence electrons. The second-order valence-electron chi connectivity index (χ2n) is 4.96. The van der Waals surface area contributed by atoms with Crippen LogP contribution in [0.15, 0.2) is 12.5 Å². The highest BCUT2D eigenvalue weighted by Crippen LogP contribution is 2.23. The molecule has 0 spiro atoms. The van der Waals surface area contributed by atoms with E-state index in [-0.39, 0.29) is 5.97 Å². The number of ether oxygens (including phenoxy) is 1. The second-order valence-corrected chi connectivity index (χ2v) is 4.96. The number of anilines is 1. The van der Waals surface area contributed by atoms with Gasteiger partial charge in [-0.2, -0.15) is 0 Å². The lowest BCUT2D eigenvalue weighted by atomic mass is 10.0. The van der Waals surface area contributed by atoms with Crippen molar-refractivity contribution < 1.29 is 9.53 Å². The number of carbonyl (C=O) groups excluding carboxylic acids is 1. The van der Waals surface area contributed by atoms with Gasteiger partial charge in [-0.1, -0.05) is 0 Å². The van der Waals surface area contributed by atoms with Crippen LogP contribution >= 0.6 is 0 Å². The van der Waals surface area contributed by atoms with Crippen LogP contribution in [0, 0.1) is 0 Å². The van der Waals surface area contributed by atoms with Crippen molar-refractivity contribution in [2.24, 2.45) is 0 Å². The lowest BCUT2D eigenvalue weighted by Gasteiger charge is -2.37. The molecule has 19 heavy (non-hydrogen) atoms. The van der Waals surface area contributed by atoms with Crippen LogP contribution in [0.5, 0.6) is 0 Å². The fourth-order valence-electron chi connectivity index (χ4n) is 2.40. The number of piperidine rings is 1. The molecule has 1 fully saturated rings. The zero-order valence-corrected chi connectivity index (χ0v) is 11.7. The maximum atomic E-state index is 11.8. The minimum absolute atomic E-state index is 0.387. The van der Waals surface area contributed by atoms with Crippen LogP contribution in [0.2, 0.25) is 0 Å². The van der Waals surface area contributed by atoms with Gasteiger partial charge in [0.05, 0.1) is 7.11 Å². The second kappa shape index (κ2) is 5.97. The predicted octanol–water partition coefficient (Wildman–Crippen LogP) is 0.794. The van der Waals surface area contributed by atoms with E-state index in [1.54, 1.807) is 0 Å². The highest BCUT2D eigenvalue weighted by Gasteiger charge is 2.25. The number of likely N-dealkylation sites (N-methyl/N-ethyl adjacent to an activating group) is 1. The van der Waals surface area contributed by atoms with E-state index < -0.39 is 0 Å². The van der Waals surface area contributed by atoms with Gasteiger partial charge in [0.25, 0.3) is 0 Å². The van der Waals surface area contributed by atoms with Crippen LogP contribution in [-0.2, 0) is 4.74 Å². The Kier molecular flexibility index (Phi) is 4.31. The van der Waals surface area contributed by atoms with Crippen LogP contribution in [0.3, 0.4) is 0 Å². The lowest BCUT2D eigenvalue weighted by Crippen LogP contribution is -2.46. The van der Waals surface area contributed by atoms with Crippen LogP contribution in [-0.4, -0.2) is 61.2 Å². The highest BCUT2D eigenvalue weighted by atomic mass is 16.5. The van der Waals surface area contributed by atoms with Crippen LogP contribution in [0.4, 0.5) is 5.82 Å². The Hall–Kier alpha value is -1.69. The largest absolute Gasteiger partial charge is 0.465 e. The fraction of sp³-hybridized carbons (Fsp3) is 0.615. The van der Waals surface area contributed by atoms with E-state index in [0.717, 1.165) is 19.5 Å². The smallest absolute Gasteiger partial charge is 0.343 e. The van der Waals surface area contributed by atoms with Crippen molar-refractivity contribution in [1.29, 1.82) is 0 Å². The van der Waals surface area contributed by atoms with Crippen molar-refractivity contribution in [3.8, 4) is 0 Å². The Bertz CT molecular complexity index is 450. The van der Waals surface area contributed by atoms with E-state index >= 15 is 0 Å². The van der Waals surface area contributed by atoms with Gasteiger partial charge < -0.3 is 14.5 Å². The summed E-state index contributed by atoms with van der Waals surface area (Å²) < 4.78 is 4.79. The Morgan fingerprint density at radius 2 is 2.32 bits per heavy atom. The van der Waals surface area contributed by atoms with Crippen LogP contribution < -0.4 is 4.90 Å². The highest BCUT2D eigenvalue weighted by molar-refractivity contribution is 5.94. The van der Waals surface area contributed by atoms with Crippen LogP contribution in [0.25, 0.3) is 0 Å². The number of hydrogen-bond acceptors (Lipinski definition) is 6. The third-order valence-corrected chi connectivity index (χ3v) is 3.52. The fourth-order valence-corrected chi connectivity index (χ4v) is 2.40. The molecule has 0 N–H and O–H groups in total. The van der Waals surface area contributed by atoms with E-state index in [4.69, 9.17) is 4.74 Å². The molecule has 1 aromatic heterocycles. The molecular formula is C13H20N4O2. The first-order valence-electron chi connectivity index (χ1n) is 6.43. The summed E-state index contributed by atoms with van der Waals surface area (Å²) in [6.07, 6.45) is 5.25. The molecule has 6 heteroatoms. The molecule has 0 aliphatic carbocycles. The van der Waals surface area contributed by atoms with Gasteiger partial charge in [-0.25, -0.2) is 14.8 Å². The normalized spacial score (nSPS) is 19.6. The maximum Gasteiger partial charge on any atom is 0.343 e. The van der Waals surface area contributed by atoms with Crippen molar-refractivity contribution in [3.05, 3.63) is 18.1 Å². The lowest BCUT2D eigenvalue weighted by molar-refractivity contribution is 0.0600. The Morgan fingerprint density at radius 1 is 1.53 bits per heavy atom. The number of nitrogens with zero attached hydrogens (tertiary/aromatic N) is 4. The zero-order valence-electron chi connectivity index (χ0n) is 11.7. The Balaban J connectivity index is 2.24.